The van der Waals surface area contributed by atoms with Gasteiger partial charge in [0.15, 0.2) is 0 Å². The summed E-state index contributed by atoms with van der Waals surface area (Å²) in [6.45, 7) is 2.97. The van der Waals surface area contributed by atoms with Crippen LogP contribution in [0, 0.1) is 0 Å². The van der Waals surface area contributed by atoms with E-state index in [1.807, 2.05) is 23.0 Å². The molecule has 3 N–H and O–H groups in total. The molecule has 0 amide bonds. The fourth-order valence-corrected chi connectivity index (χ4v) is 1.98. The van der Waals surface area contributed by atoms with E-state index in [1.165, 1.54) is 5.56 Å². The van der Waals surface area contributed by atoms with E-state index in [-0.39, 0.29) is 6.04 Å². The van der Waals surface area contributed by atoms with Crippen molar-refractivity contribution in [2.24, 2.45) is 5.84 Å². The van der Waals surface area contributed by atoms with Crippen molar-refractivity contribution in [2.75, 3.05) is 0 Å². The number of hydrogen-bond acceptors (Lipinski definition) is 4. The maximum absolute atomic E-state index is 5.59. The number of nitrogens with two attached hydrogens (primary N) is 1. The molecule has 5 nitrogen and oxygen atoms in total. The molecule has 0 aliphatic heterocycles. The van der Waals surface area contributed by atoms with Crippen LogP contribution in [0.2, 0.25) is 0 Å². The molecule has 0 fully saturated rings. The predicted octanol–water partition coefficient (Wildman–Crippen LogP) is 1.50. The molecule has 0 spiro atoms. The van der Waals surface area contributed by atoms with Gasteiger partial charge >= 0.3 is 0 Å². The first-order valence-corrected chi connectivity index (χ1v) is 6.31. The summed E-state index contributed by atoms with van der Waals surface area (Å²) in [4.78, 5) is 0. The number of nitrogens with one attached hydrogen (secondary N) is 1. The maximum atomic E-state index is 5.59. The molecule has 2 rings (SSSR count). The Morgan fingerprint density at radius 3 is 3.06 bits per heavy atom. The number of aromatic nitrogens is 2. The minimum atomic E-state index is 0.240. The molecule has 2 aromatic heterocycles. The van der Waals surface area contributed by atoms with Crippen LogP contribution in [-0.4, -0.2) is 15.8 Å². The van der Waals surface area contributed by atoms with Crippen LogP contribution in [0.1, 0.15) is 24.7 Å². The molecule has 5 heteroatoms. The summed E-state index contributed by atoms with van der Waals surface area (Å²) >= 11 is 0. The molecular formula is C13H20N4O. The third-order valence-corrected chi connectivity index (χ3v) is 3.05. The zero-order chi connectivity index (χ0) is 12.8. The predicted molar refractivity (Wildman–Crippen MR) is 69.7 cm³/mol. The summed E-state index contributed by atoms with van der Waals surface area (Å²) < 4.78 is 7.24. The second-order valence-electron chi connectivity index (χ2n) is 4.39. The second kappa shape index (κ2) is 6.37. The van der Waals surface area contributed by atoms with E-state index in [9.17, 15) is 0 Å². The molecule has 0 radical (unpaired) electrons. The lowest BCUT2D eigenvalue weighted by Crippen LogP contribution is -2.37. The van der Waals surface area contributed by atoms with E-state index in [4.69, 9.17) is 10.3 Å². The van der Waals surface area contributed by atoms with Gasteiger partial charge in [-0.05, 0) is 37.5 Å². The number of aryl methyl sites for hydroxylation is 2. The van der Waals surface area contributed by atoms with Crippen LogP contribution in [0.5, 0.6) is 0 Å². The third kappa shape index (κ3) is 3.45. The normalized spacial score (nSPS) is 12.8. The van der Waals surface area contributed by atoms with Crippen LogP contribution in [0.25, 0.3) is 0 Å². The van der Waals surface area contributed by atoms with Gasteiger partial charge in [0.05, 0.1) is 12.5 Å². The van der Waals surface area contributed by atoms with Gasteiger partial charge < -0.3 is 4.42 Å². The van der Waals surface area contributed by atoms with Gasteiger partial charge in [0.1, 0.15) is 5.76 Å². The van der Waals surface area contributed by atoms with Crippen LogP contribution in [-0.2, 0) is 19.4 Å². The molecule has 2 aromatic rings. The molecule has 1 unspecified atom stereocenters. The van der Waals surface area contributed by atoms with E-state index < -0.39 is 0 Å². The number of furan rings is 1. The lowest BCUT2D eigenvalue weighted by molar-refractivity contribution is 0.447. The SMILES string of the molecule is CCn1cc(CC(CCc2ccco2)NN)cn1. The molecule has 0 saturated carbocycles. The van der Waals surface area contributed by atoms with E-state index in [0.717, 1.165) is 31.6 Å². The van der Waals surface area contributed by atoms with Gasteiger partial charge in [-0.25, -0.2) is 0 Å². The van der Waals surface area contributed by atoms with Gasteiger partial charge in [0.2, 0.25) is 0 Å². The Hall–Kier alpha value is -1.59. The summed E-state index contributed by atoms with van der Waals surface area (Å²) in [5.74, 6) is 6.59. The highest BCUT2D eigenvalue weighted by atomic mass is 16.3. The number of rotatable bonds is 7. The highest BCUT2D eigenvalue weighted by Crippen LogP contribution is 2.09. The average molecular weight is 248 g/mol. The zero-order valence-electron chi connectivity index (χ0n) is 10.7. The number of hydrazine groups is 1. The van der Waals surface area contributed by atoms with Gasteiger partial charge in [0.25, 0.3) is 0 Å². The molecule has 18 heavy (non-hydrogen) atoms. The van der Waals surface area contributed by atoms with E-state index in [1.54, 1.807) is 6.26 Å². The van der Waals surface area contributed by atoms with Crippen molar-refractivity contribution in [3.8, 4) is 0 Å². The Balaban J connectivity index is 1.84. The first kappa shape index (κ1) is 12.9. The van der Waals surface area contributed by atoms with Gasteiger partial charge in [-0.15, -0.1) is 0 Å². The third-order valence-electron chi connectivity index (χ3n) is 3.05. The summed E-state index contributed by atoms with van der Waals surface area (Å²) in [6, 6.07) is 4.14. The number of nitrogens with zero attached hydrogens (tertiary/aromatic N) is 2. The Morgan fingerprint density at radius 1 is 1.56 bits per heavy atom. The van der Waals surface area contributed by atoms with Crippen molar-refractivity contribution in [3.63, 3.8) is 0 Å². The van der Waals surface area contributed by atoms with Crippen LogP contribution >= 0.6 is 0 Å². The topological polar surface area (TPSA) is 69.0 Å². The van der Waals surface area contributed by atoms with Crippen LogP contribution in [0.3, 0.4) is 0 Å². The van der Waals surface area contributed by atoms with Crippen LogP contribution in [0.4, 0.5) is 0 Å². The standard InChI is InChI=1S/C13H20N4O/c1-2-17-10-11(9-15-17)8-12(16-14)5-6-13-4-3-7-18-13/h3-4,7,9-10,12,16H,2,5-6,8,14H2,1H3. The molecule has 0 aliphatic rings. The first-order valence-electron chi connectivity index (χ1n) is 6.31. The van der Waals surface area contributed by atoms with Crippen molar-refractivity contribution < 1.29 is 4.42 Å². The minimum absolute atomic E-state index is 0.240. The Bertz CT molecular complexity index is 449. The smallest absolute Gasteiger partial charge is 0.103 e. The van der Waals surface area contributed by atoms with Gasteiger partial charge in [0, 0.05) is 25.2 Å². The van der Waals surface area contributed by atoms with Crippen molar-refractivity contribution >= 4 is 0 Å². The van der Waals surface area contributed by atoms with Crippen molar-refractivity contribution in [3.05, 3.63) is 42.1 Å². The fraction of sp³-hybridized carbons (Fsp3) is 0.462. The summed E-state index contributed by atoms with van der Waals surface area (Å²) in [5.41, 5.74) is 4.07. The van der Waals surface area contributed by atoms with Crippen LogP contribution < -0.4 is 11.3 Å². The summed E-state index contributed by atoms with van der Waals surface area (Å²) in [5, 5.41) is 4.26. The Morgan fingerprint density at radius 2 is 2.44 bits per heavy atom. The van der Waals surface area contributed by atoms with E-state index in [2.05, 4.69) is 23.6 Å². The summed E-state index contributed by atoms with van der Waals surface area (Å²) in [7, 11) is 0. The fourth-order valence-electron chi connectivity index (χ4n) is 1.98. The van der Waals surface area contributed by atoms with Gasteiger partial charge in [-0.2, -0.15) is 5.10 Å². The highest BCUT2D eigenvalue weighted by molar-refractivity contribution is 5.07. The maximum Gasteiger partial charge on any atom is 0.103 e. The van der Waals surface area contributed by atoms with Gasteiger partial charge in [-0.1, -0.05) is 0 Å². The second-order valence-corrected chi connectivity index (χ2v) is 4.39. The largest absolute Gasteiger partial charge is 0.469 e. The molecule has 98 valence electrons. The first-order chi connectivity index (χ1) is 8.81. The van der Waals surface area contributed by atoms with E-state index >= 15 is 0 Å². The lowest BCUT2D eigenvalue weighted by Gasteiger charge is -2.13. The van der Waals surface area contributed by atoms with Crippen LogP contribution in [0.15, 0.2) is 35.2 Å². The molecule has 2 heterocycles. The van der Waals surface area contributed by atoms with E-state index in [0.29, 0.717) is 0 Å². The summed E-state index contributed by atoms with van der Waals surface area (Å²) in [6.07, 6.45) is 8.39. The monoisotopic (exact) mass is 248 g/mol. The highest BCUT2D eigenvalue weighted by Gasteiger charge is 2.10. The molecular weight excluding hydrogens is 228 g/mol. The lowest BCUT2D eigenvalue weighted by atomic mass is 10.0. The number of hydrogen-bond donors (Lipinski definition) is 2. The van der Waals surface area contributed by atoms with Crippen molar-refractivity contribution in [1.82, 2.24) is 15.2 Å². The molecule has 0 aliphatic carbocycles. The van der Waals surface area contributed by atoms with Crippen molar-refractivity contribution in [2.45, 2.75) is 38.8 Å². The molecule has 0 aromatic carbocycles. The molecule has 1 atom stereocenters. The van der Waals surface area contributed by atoms with Crippen molar-refractivity contribution in [1.29, 1.82) is 0 Å². The molecule has 0 bridgehead atoms. The minimum Gasteiger partial charge on any atom is -0.469 e. The zero-order valence-corrected chi connectivity index (χ0v) is 10.7. The Kier molecular flexibility index (Phi) is 4.55. The Labute approximate surface area is 107 Å². The average Bonchev–Trinajstić information content (AvgIpc) is 3.05. The van der Waals surface area contributed by atoms with Gasteiger partial charge in [-0.3, -0.25) is 16.0 Å². The quantitative estimate of drug-likeness (QED) is 0.575. The molecule has 0 saturated heterocycles.